The molecular formula is C24H20N2O3. The van der Waals surface area contributed by atoms with Crippen molar-refractivity contribution in [3.8, 4) is 28.6 Å². The molecule has 0 amide bonds. The van der Waals surface area contributed by atoms with Gasteiger partial charge in [0.1, 0.15) is 5.75 Å². The number of ether oxygens (including phenoxy) is 2. The van der Waals surface area contributed by atoms with Gasteiger partial charge in [0.05, 0.1) is 24.1 Å². The first kappa shape index (κ1) is 18.5. The molecule has 5 nitrogen and oxygen atoms in total. The van der Waals surface area contributed by atoms with E-state index in [1.807, 2.05) is 61.5 Å². The van der Waals surface area contributed by atoms with E-state index in [1.165, 1.54) is 0 Å². The number of carbonyl (C=O) groups excluding carboxylic acids is 1. The summed E-state index contributed by atoms with van der Waals surface area (Å²) in [6.45, 7) is 2.02. The van der Waals surface area contributed by atoms with Crippen LogP contribution in [0, 0.1) is 6.92 Å². The smallest absolute Gasteiger partial charge is 0.344 e. The Morgan fingerprint density at radius 2 is 1.59 bits per heavy atom. The molecule has 0 bridgehead atoms. The summed E-state index contributed by atoms with van der Waals surface area (Å²) in [5.74, 6) is 0.576. The van der Waals surface area contributed by atoms with Crippen molar-refractivity contribution in [1.82, 2.24) is 9.78 Å². The average Bonchev–Trinajstić information content (AvgIpc) is 3.18. The number of aryl methyl sites for hydroxylation is 1. The summed E-state index contributed by atoms with van der Waals surface area (Å²) in [4.78, 5) is 12.7. The predicted octanol–water partition coefficient (Wildman–Crippen LogP) is 5.08. The molecule has 0 aliphatic rings. The van der Waals surface area contributed by atoms with E-state index in [0.717, 1.165) is 22.5 Å². The summed E-state index contributed by atoms with van der Waals surface area (Å²) in [5, 5.41) is 4.67. The first-order chi connectivity index (χ1) is 14.1. The van der Waals surface area contributed by atoms with Gasteiger partial charge in [-0.05, 0) is 43.3 Å². The monoisotopic (exact) mass is 384 g/mol. The quantitative estimate of drug-likeness (QED) is 0.451. The van der Waals surface area contributed by atoms with Crippen LogP contribution in [0.5, 0.6) is 11.6 Å². The molecule has 0 aliphatic heterocycles. The van der Waals surface area contributed by atoms with Gasteiger partial charge in [-0.3, -0.25) is 0 Å². The Morgan fingerprint density at radius 3 is 2.24 bits per heavy atom. The van der Waals surface area contributed by atoms with Crippen molar-refractivity contribution in [3.05, 3.63) is 96.1 Å². The zero-order valence-corrected chi connectivity index (χ0v) is 16.2. The van der Waals surface area contributed by atoms with E-state index in [0.29, 0.717) is 17.2 Å². The third-order valence-corrected chi connectivity index (χ3v) is 4.55. The Labute approximate surface area is 169 Å². The number of hydrogen-bond donors (Lipinski definition) is 0. The van der Waals surface area contributed by atoms with Crippen LogP contribution in [-0.2, 0) is 0 Å². The minimum absolute atomic E-state index is 0.355. The lowest BCUT2D eigenvalue weighted by atomic mass is 10.2. The second-order valence-corrected chi connectivity index (χ2v) is 6.60. The van der Waals surface area contributed by atoms with Crippen molar-refractivity contribution in [2.75, 3.05) is 7.11 Å². The molecule has 1 heterocycles. The summed E-state index contributed by atoms with van der Waals surface area (Å²) in [6, 6.07) is 26.2. The van der Waals surface area contributed by atoms with Crippen LogP contribution in [0.1, 0.15) is 15.9 Å². The van der Waals surface area contributed by atoms with Crippen LogP contribution < -0.4 is 9.47 Å². The van der Waals surface area contributed by atoms with Gasteiger partial charge in [-0.2, -0.15) is 5.10 Å². The molecule has 1 aromatic heterocycles. The van der Waals surface area contributed by atoms with E-state index in [2.05, 4.69) is 5.10 Å². The van der Waals surface area contributed by atoms with Crippen LogP contribution in [0.4, 0.5) is 0 Å². The van der Waals surface area contributed by atoms with Crippen molar-refractivity contribution in [2.24, 2.45) is 0 Å². The van der Waals surface area contributed by atoms with Crippen LogP contribution in [0.3, 0.4) is 0 Å². The number of esters is 1. The average molecular weight is 384 g/mol. The van der Waals surface area contributed by atoms with Crippen LogP contribution in [0.2, 0.25) is 0 Å². The Morgan fingerprint density at radius 1 is 0.897 bits per heavy atom. The standard InChI is InChI=1S/C24H20N2O3/c1-17-8-12-20(13-9-17)26-23(16-22(25-26)18-6-4-3-5-7-18)29-24(27)19-10-14-21(28-2)15-11-19/h3-16H,1-2H3. The van der Waals surface area contributed by atoms with Crippen molar-refractivity contribution in [1.29, 1.82) is 0 Å². The van der Waals surface area contributed by atoms with Crippen LogP contribution in [-0.4, -0.2) is 22.9 Å². The summed E-state index contributed by atoms with van der Waals surface area (Å²) in [7, 11) is 1.58. The van der Waals surface area contributed by atoms with Crippen molar-refractivity contribution in [2.45, 2.75) is 6.92 Å². The normalized spacial score (nSPS) is 10.6. The number of hydrogen-bond acceptors (Lipinski definition) is 4. The predicted molar refractivity (Wildman–Crippen MR) is 112 cm³/mol. The molecule has 0 saturated carbocycles. The summed E-state index contributed by atoms with van der Waals surface area (Å²) in [5.41, 5.74) is 4.06. The molecular weight excluding hydrogens is 364 g/mol. The largest absolute Gasteiger partial charge is 0.497 e. The molecule has 0 spiro atoms. The van der Waals surface area contributed by atoms with E-state index >= 15 is 0 Å². The van der Waals surface area contributed by atoms with E-state index in [-0.39, 0.29) is 0 Å². The minimum Gasteiger partial charge on any atom is -0.497 e. The van der Waals surface area contributed by atoms with Gasteiger partial charge < -0.3 is 9.47 Å². The first-order valence-electron chi connectivity index (χ1n) is 9.23. The molecule has 0 unspecified atom stereocenters. The van der Waals surface area contributed by atoms with Crippen molar-refractivity contribution < 1.29 is 14.3 Å². The molecule has 5 heteroatoms. The van der Waals surface area contributed by atoms with Gasteiger partial charge >= 0.3 is 5.97 Å². The van der Waals surface area contributed by atoms with Gasteiger partial charge in [0.15, 0.2) is 0 Å². The van der Waals surface area contributed by atoms with E-state index in [1.54, 1.807) is 42.1 Å². The number of aromatic nitrogens is 2. The zero-order valence-electron chi connectivity index (χ0n) is 16.2. The number of carbonyl (C=O) groups is 1. The Bertz CT molecular complexity index is 1120. The topological polar surface area (TPSA) is 53.4 Å². The molecule has 3 aromatic carbocycles. The number of rotatable bonds is 5. The van der Waals surface area contributed by atoms with E-state index in [9.17, 15) is 4.79 Å². The first-order valence-corrected chi connectivity index (χ1v) is 9.23. The van der Waals surface area contributed by atoms with Crippen LogP contribution >= 0.6 is 0 Å². The lowest BCUT2D eigenvalue weighted by Crippen LogP contribution is -2.11. The van der Waals surface area contributed by atoms with Gasteiger partial charge in [0.2, 0.25) is 5.88 Å². The Hall–Kier alpha value is -3.86. The van der Waals surface area contributed by atoms with E-state index < -0.39 is 5.97 Å². The molecule has 0 fully saturated rings. The highest BCUT2D eigenvalue weighted by atomic mass is 16.5. The molecule has 29 heavy (non-hydrogen) atoms. The highest BCUT2D eigenvalue weighted by Crippen LogP contribution is 2.27. The molecule has 4 rings (SSSR count). The fourth-order valence-corrected chi connectivity index (χ4v) is 2.94. The van der Waals surface area contributed by atoms with Gasteiger partial charge in [-0.25, -0.2) is 9.48 Å². The summed E-state index contributed by atoms with van der Waals surface area (Å²) >= 11 is 0. The van der Waals surface area contributed by atoms with Gasteiger partial charge in [0, 0.05) is 11.6 Å². The summed E-state index contributed by atoms with van der Waals surface area (Å²) in [6.07, 6.45) is 0. The number of methoxy groups -OCH3 is 1. The Balaban J connectivity index is 1.71. The third-order valence-electron chi connectivity index (χ3n) is 4.55. The molecule has 0 N–H and O–H groups in total. The second kappa shape index (κ2) is 8.02. The Kier molecular flexibility index (Phi) is 5.12. The maximum Gasteiger partial charge on any atom is 0.344 e. The van der Waals surface area contributed by atoms with Crippen LogP contribution in [0.25, 0.3) is 16.9 Å². The zero-order chi connectivity index (χ0) is 20.2. The summed E-state index contributed by atoms with van der Waals surface area (Å²) < 4.78 is 12.5. The fourth-order valence-electron chi connectivity index (χ4n) is 2.94. The number of nitrogens with zero attached hydrogens (tertiary/aromatic N) is 2. The van der Waals surface area contributed by atoms with Crippen molar-refractivity contribution in [3.63, 3.8) is 0 Å². The van der Waals surface area contributed by atoms with Crippen LogP contribution in [0.15, 0.2) is 84.9 Å². The molecule has 0 saturated heterocycles. The molecule has 0 atom stereocenters. The lowest BCUT2D eigenvalue weighted by molar-refractivity contribution is 0.0723. The lowest BCUT2D eigenvalue weighted by Gasteiger charge is -2.08. The minimum atomic E-state index is -0.458. The van der Waals surface area contributed by atoms with Gasteiger partial charge in [-0.15, -0.1) is 0 Å². The fraction of sp³-hybridized carbons (Fsp3) is 0.0833. The molecule has 144 valence electrons. The van der Waals surface area contributed by atoms with Gasteiger partial charge in [-0.1, -0.05) is 48.0 Å². The maximum absolute atomic E-state index is 12.7. The molecule has 0 aliphatic carbocycles. The number of benzene rings is 3. The molecule has 4 aromatic rings. The van der Waals surface area contributed by atoms with Gasteiger partial charge in [0.25, 0.3) is 0 Å². The van der Waals surface area contributed by atoms with E-state index in [4.69, 9.17) is 9.47 Å². The maximum atomic E-state index is 12.7. The highest BCUT2D eigenvalue weighted by Gasteiger charge is 2.17. The molecule has 0 radical (unpaired) electrons. The van der Waals surface area contributed by atoms with Crippen molar-refractivity contribution >= 4 is 5.97 Å². The third kappa shape index (κ3) is 4.04. The second-order valence-electron chi connectivity index (χ2n) is 6.60. The highest BCUT2D eigenvalue weighted by molar-refractivity contribution is 5.91. The SMILES string of the molecule is COc1ccc(C(=O)Oc2cc(-c3ccccc3)nn2-c2ccc(C)cc2)cc1.